The average Bonchev–Trinajstić information content (AvgIpc) is 2.74. The predicted molar refractivity (Wildman–Crippen MR) is 64.3 cm³/mol. The van der Waals surface area contributed by atoms with Gasteiger partial charge in [-0.1, -0.05) is 6.92 Å². The summed E-state index contributed by atoms with van der Waals surface area (Å²) in [5.74, 6) is 6.70. The van der Waals surface area contributed by atoms with Gasteiger partial charge in [-0.3, -0.25) is 0 Å². The number of nitrogens with one attached hydrogen (secondary N) is 1. The fraction of sp³-hybridized carbons (Fsp3) is 0.333. The van der Waals surface area contributed by atoms with Crippen molar-refractivity contribution < 1.29 is 0 Å². The number of aryl methyl sites for hydroxylation is 2. The third-order valence-corrected chi connectivity index (χ3v) is 3.05. The van der Waals surface area contributed by atoms with Crippen LogP contribution in [-0.4, -0.2) is 24.7 Å². The van der Waals surface area contributed by atoms with Crippen LogP contribution in [0.15, 0.2) is 22.6 Å². The second-order valence-corrected chi connectivity index (χ2v) is 4.26. The average molecular weight is 251 g/mol. The Bertz CT molecular complexity index is 488. The van der Waals surface area contributed by atoms with E-state index in [1.54, 1.807) is 10.7 Å². The van der Waals surface area contributed by atoms with Gasteiger partial charge in [-0.2, -0.15) is 5.10 Å². The summed E-state index contributed by atoms with van der Waals surface area (Å²) in [7, 11) is 1.83. The fourth-order valence-electron chi connectivity index (χ4n) is 1.23. The van der Waals surface area contributed by atoms with Crippen molar-refractivity contribution in [1.82, 2.24) is 24.7 Å². The zero-order valence-electron chi connectivity index (χ0n) is 9.58. The quantitative estimate of drug-likeness (QED) is 0.467. The molecule has 0 aromatic carbocycles. The number of anilines is 1. The van der Waals surface area contributed by atoms with E-state index in [2.05, 4.69) is 25.5 Å². The van der Waals surface area contributed by atoms with E-state index in [-0.39, 0.29) is 0 Å². The summed E-state index contributed by atoms with van der Waals surface area (Å²) in [6, 6.07) is 1.78. The molecule has 0 atom stereocenters. The molecule has 0 saturated heterocycles. The van der Waals surface area contributed by atoms with Gasteiger partial charge in [-0.05, 0) is 11.8 Å². The lowest BCUT2D eigenvalue weighted by molar-refractivity contribution is 0.684. The van der Waals surface area contributed by atoms with E-state index in [9.17, 15) is 0 Å². The smallest absolute Gasteiger partial charge is 0.192 e. The van der Waals surface area contributed by atoms with Gasteiger partial charge in [0.05, 0.1) is 0 Å². The van der Waals surface area contributed by atoms with Crippen molar-refractivity contribution in [2.24, 2.45) is 12.9 Å². The highest BCUT2D eigenvalue weighted by Crippen LogP contribution is 2.24. The first-order valence-corrected chi connectivity index (χ1v) is 5.91. The molecule has 0 fully saturated rings. The van der Waals surface area contributed by atoms with Crippen molar-refractivity contribution in [2.75, 3.05) is 5.43 Å². The predicted octanol–water partition coefficient (Wildman–Crippen LogP) is 0.604. The molecule has 0 aliphatic heterocycles. The normalized spacial score (nSPS) is 10.5. The van der Waals surface area contributed by atoms with Crippen LogP contribution in [0.2, 0.25) is 0 Å². The first kappa shape index (κ1) is 11.8. The SMILES string of the molecule is CCc1nc(NN)cc(Sc2ncnn2C)n1. The number of aromatic nitrogens is 5. The zero-order valence-corrected chi connectivity index (χ0v) is 10.4. The highest BCUT2D eigenvalue weighted by molar-refractivity contribution is 7.99. The van der Waals surface area contributed by atoms with Crippen LogP contribution in [-0.2, 0) is 13.5 Å². The second-order valence-electron chi connectivity index (χ2n) is 3.27. The summed E-state index contributed by atoms with van der Waals surface area (Å²) in [6.45, 7) is 1.99. The zero-order chi connectivity index (χ0) is 12.3. The minimum absolute atomic E-state index is 0.599. The number of hydrogen-bond acceptors (Lipinski definition) is 7. The lowest BCUT2D eigenvalue weighted by atomic mass is 10.4. The van der Waals surface area contributed by atoms with E-state index >= 15 is 0 Å². The van der Waals surface area contributed by atoms with E-state index < -0.39 is 0 Å². The van der Waals surface area contributed by atoms with Gasteiger partial charge in [0.15, 0.2) is 5.16 Å². The summed E-state index contributed by atoms with van der Waals surface area (Å²) < 4.78 is 1.69. The van der Waals surface area contributed by atoms with Crippen LogP contribution in [0.25, 0.3) is 0 Å². The molecule has 0 bridgehead atoms. The molecule has 0 amide bonds. The topological polar surface area (TPSA) is 94.5 Å². The van der Waals surface area contributed by atoms with Gasteiger partial charge < -0.3 is 5.43 Å². The number of nitrogens with two attached hydrogens (primary N) is 1. The van der Waals surface area contributed by atoms with Gasteiger partial charge in [0.25, 0.3) is 0 Å². The lowest BCUT2D eigenvalue weighted by Gasteiger charge is -2.05. The molecule has 2 aromatic heterocycles. The Hall–Kier alpha value is -1.67. The van der Waals surface area contributed by atoms with E-state index in [1.807, 2.05) is 14.0 Å². The maximum Gasteiger partial charge on any atom is 0.192 e. The van der Waals surface area contributed by atoms with Gasteiger partial charge >= 0.3 is 0 Å². The van der Waals surface area contributed by atoms with Crippen LogP contribution in [0.1, 0.15) is 12.7 Å². The molecule has 2 rings (SSSR count). The molecular formula is C9H13N7S. The molecule has 2 heterocycles. The third kappa shape index (κ3) is 2.71. The van der Waals surface area contributed by atoms with Crippen LogP contribution in [0, 0.1) is 0 Å². The van der Waals surface area contributed by atoms with Gasteiger partial charge in [0, 0.05) is 19.5 Å². The van der Waals surface area contributed by atoms with Crippen LogP contribution < -0.4 is 11.3 Å². The first-order chi connectivity index (χ1) is 8.22. The molecule has 0 spiro atoms. The number of nitrogen functional groups attached to an aromatic ring is 1. The highest BCUT2D eigenvalue weighted by Gasteiger charge is 2.08. The Labute approximate surface area is 103 Å². The van der Waals surface area contributed by atoms with Crippen molar-refractivity contribution in [1.29, 1.82) is 0 Å². The van der Waals surface area contributed by atoms with Gasteiger partial charge in [0.2, 0.25) is 0 Å². The standard InChI is InChI=1S/C9H13N7S/c1-3-6-13-7(15-10)4-8(14-6)17-9-11-5-12-16(9)2/h4-5H,3,10H2,1-2H3,(H,13,14,15). The minimum Gasteiger partial charge on any atom is -0.308 e. The number of nitrogens with zero attached hydrogens (tertiary/aromatic N) is 5. The summed E-state index contributed by atoms with van der Waals surface area (Å²) in [5.41, 5.74) is 2.53. The molecule has 7 nitrogen and oxygen atoms in total. The van der Waals surface area contributed by atoms with Crippen molar-refractivity contribution in [2.45, 2.75) is 23.5 Å². The molecule has 0 unspecified atom stereocenters. The van der Waals surface area contributed by atoms with Gasteiger partial charge in [-0.25, -0.2) is 25.5 Å². The van der Waals surface area contributed by atoms with Crippen LogP contribution in [0.3, 0.4) is 0 Å². The monoisotopic (exact) mass is 251 g/mol. The van der Waals surface area contributed by atoms with E-state index in [4.69, 9.17) is 5.84 Å². The molecule has 2 aromatic rings. The highest BCUT2D eigenvalue weighted by atomic mass is 32.2. The Balaban J connectivity index is 2.29. The number of hydrogen-bond donors (Lipinski definition) is 2. The summed E-state index contributed by atoms with van der Waals surface area (Å²) in [4.78, 5) is 12.7. The maximum absolute atomic E-state index is 5.36. The number of rotatable bonds is 4. The van der Waals surface area contributed by atoms with Crippen molar-refractivity contribution in [3.05, 3.63) is 18.2 Å². The second kappa shape index (κ2) is 5.11. The summed E-state index contributed by atoms with van der Waals surface area (Å²) in [6.07, 6.45) is 2.26. The number of hydrazine groups is 1. The molecule has 0 aliphatic rings. The van der Waals surface area contributed by atoms with E-state index in [1.165, 1.54) is 18.1 Å². The van der Waals surface area contributed by atoms with Crippen LogP contribution in [0.5, 0.6) is 0 Å². The van der Waals surface area contributed by atoms with Crippen LogP contribution >= 0.6 is 11.8 Å². The first-order valence-electron chi connectivity index (χ1n) is 5.09. The van der Waals surface area contributed by atoms with Crippen molar-refractivity contribution in [3.63, 3.8) is 0 Å². The third-order valence-electron chi connectivity index (χ3n) is 2.08. The molecule has 3 N–H and O–H groups in total. The Morgan fingerprint density at radius 3 is 2.88 bits per heavy atom. The Morgan fingerprint density at radius 1 is 1.47 bits per heavy atom. The van der Waals surface area contributed by atoms with Gasteiger partial charge in [0.1, 0.15) is 23.0 Å². The lowest BCUT2D eigenvalue weighted by Crippen LogP contribution is -2.10. The molecule has 0 radical (unpaired) electrons. The van der Waals surface area contributed by atoms with Crippen molar-refractivity contribution in [3.8, 4) is 0 Å². The Kier molecular flexibility index (Phi) is 3.55. The fourth-order valence-corrected chi connectivity index (χ4v) is 2.02. The maximum atomic E-state index is 5.36. The molecule has 90 valence electrons. The molecular weight excluding hydrogens is 238 g/mol. The molecule has 0 saturated carbocycles. The minimum atomic E-state index is 0.599. The van der Waals surface area contributed by atoms with Gasteiger partial charge in [-0.15, -0.1) is 0 Å². The summed E-state index contributed by atoms with van der Waals surface area (Å²) in [5, 5.41) is 5.56. The molecule has 8 heteroatoms. The molecule has 17 heavy (non-hydrogen) atoms. The van der Waals surface area contributed by atoms with E-state index in [0.717, 1.165) is 22.4 Å². The largest absolute Gasteiger partial charge is 0.308 e. The van der Waals surface area contributed by atoms with E-state index in [0.29, 0.717) is 5.82 Å². The van der Waals surface area contributed by atoms with Crippen molar-refractivity contribution >= 4 is 17.6 Å². The molecule has 0 aliphatic carbocycles. The summed E-state index contributed by atoms with van der Waals surface area (Å²) >= 11 is 1.42. The Morgan fingerprint density at radius 2 is 2.29 bits per heavy atom. The van der Waals surface area contributed by atoms with Crippen LogP contribution in [0.4, 0.5) is 5.82 Å².